The minimum atomic E-state index is -0.551. The van der Waals surface area contributed by atoms with E-state index < -0.39 is 11.9 Å². The number of ether oxygens (including phenoxy) is 2. The number of benzene rings is 2. The van der Waals surface area contributed by atoms with Crippen molar-refractivity contribution in [3.05, 3.63) is 59.0 Å². The zero-order valence-electron chi connectivity index (χ0n) is 16.1. The summed E-state index contributed by atoms with van der Waals surface area (Å²) in [7, 11) is 2.82. The zero-order chi connectivity index (χ0) is 21.4. The summed E-state index contributed by atoms with van der Waals surface area (Å²) in [4.78, 5) is 41.2. The van der Waals surface area contributed by atoms with Gasteiger partial charge in [0.1, 0.15) is 12.3 Å². The number of hydrogen-bond donors (Lipinski definition) is 0. The summed E-state index contributed by atoms with van der Waals surface area (Å²) in [5.41, 5.74) is 1.96. The number of esters is 1. The van der Waals surface area contributed by atoms with Crippen LogP contribution in [0.25, 0.3) is 5.57 Å². The van der Waals surface area contributed by atoms with Crippen molar-refractivity contribution in [1.82, 2.24) is 0 Å². The average Bonchev–Trinajstić information content (AvgIpc) is 3.20. The SMILES string of the molecule is COC(=O)CN1C(=O)/C(=C2/SC(=S)N(c3ccc(OC)cc3)C2=O)c2ccccc21. The van der Waals surface area contributed by atoms with Crippen LogP contribution in [0.15, 0.2) is 53.4 Å². The fraction of sp³-hybridized carbons (Fsp3) is 0.143. The Labute approximate surface area is 182 Å². The first-order valence-corrected chi connectivity index (χ1v) is 10.1. The standard InChI is InChI=1S/C21H16N2O5S2/c1-27-13-9-7-12(8-10-13)23-20(26)18(30-21(23)29)17-14-5-3-4-6-15(14)22(19(17)25)11-16(24)28-2/h3-10H,11H2,1-2H3/b18-17+. The Morgan fingerprint density at radius 3 is 2.40 bits per heavy atom. The Kier molecular flexibility index (Phi) is 5.31. The molecule has 0 saturated carbocycles. The fourth-order valence-corrected chi connectivity index (χ4v) is 4.69. The van der Waals surface area contributed by atoms with Gasteiger partial charge in [0.2, 0.25) is 0 Å². The predicted octanol–water partition coefficient (Wildman–Crippen LogP) is 2.99. The quantitative estimate of drug-likeness (QED) is 0.411. The number of methoxy groups -OCH3 is 2. The number of rotatable bonds is 4. The van der Waals surface area contributed by atoms with Gasteiger partial charge in [-0.05, 0) is 30.3 Å². The number of fused-ring (bicyclic) bond motifs is 1. The fourth-order valence-electron chi connectivity index (χ4n) is 3.32. The minimum Gasteiger partial charge on any atom is -0.497 e. The summed E-state index contributed by atoms with van der Waals surface area (Å²) < 4.78 is 10.2. The van der Waals surface area contributed by atoms with Crippen LogP contribution in [-0.2, 0) is 19.1 Å². The molecule has 0 N–H and O–H groups in total. The van der Waals surface area contributed by atoms with Gasteiger partial charge in [0, 0.05) is 5.56 Å². The van der Waals surface area contributed by atoms with Crippen LogP contribution in [-0.4, -0.2) is 42.9 Å². The number of carbonyl (C=O) groups is 3. The molecule has 0 bridgehead atoms. The van der Waals surface area contributed by atoms with E-state index in [2.05, 4.69) is 0 Å². The second kappa shape index (κ2) is 7.92. The molecule has 0 aliphatic carbocycles. The van der Waals surface area contributed by atoms with Gasteiger partial charge in [-0.1, -0.05) is 42.2 Å². The Hall–Kier alpha value is -3.17. The summed E-state index contributed by atoms with van der Waals surface area (Å²) in [6.45, 7) is -0.241. The highest BCUT2D eigenvalue weighted by molar-refractivity contribution is 8.27. The van der Waals surface area contributed by atoms with Crippen molar-refractivity contribution in [2.24, 2.45) is 0 Å². The smallest absolute Gasteiger partial charge is 0.325 e. The first kappa shape index (κ1) is 20.1. The number of carbonyl (C=O) groups excluding carboxylic acids is 3. The summed E-state index contributed by atoms with van der Waals surface area (Å²) in [5.74, 6) is -0.712. The largest absolute Gasteiger partial charge is 0.497 e. The van der Waals surface area contributed by atoms with Crippen LogP contribution in [0.5, 0.6) is 5.75 Å². The van der Waals surface area contributed by atoms with Crippen LogP contribution < -0.4 is 14.5 Å². The lowest BCUT2D eigenvalue weighted by atomic mass is 10.1. The molecular weight excluding hydrogens is 424 g/mol. The molecule has 0 spiro atoms. The van der Waals surface area contributed by atoms with Crippen LogP contribution in [0.1, 0.15) is 5.56 Å². The van der Waals surface area contributed by atoms with Gasteiger partial charge >= 0.3 is 5.97 Å². The van der Waals surface area contributed by atoms with Crippen molar-refractivity contribution < 1.29 is 23.9 Å². The van der Waals surface area contributed by atoms with Crippen molar-refractivity contribution in [2.45, 2.75) is 0 Å². The van der Waals surface area contributed by atoms with Crippen LogP contribution in [0.4, 0.5) is 11.4 Å². The Morgan fingerprint density at radius 2 is 1.73 bits per heavy atom. The van der Waals surface area contributed by atoms with E-state index in [1.165, 1.54) is 16.9 Å². The minimum absolute atomic E-state index is 0.237. The molecular formula is C21H16N2O5S2. The number of amides is 2. The molecule has 2 aliphatic heterocycles. The zero-order valence-corrected chi connectivity index (χ0v) is 17.7. The number of nitrogens with zero attached hydrogens (tertiary/aromatic N) is 2. The maximum atomic E-state index is 13.3. The Morgan fingerprint density at radius 1 is 1.03 bits per heavy atom. The third kappa shape index (κ3) is 3.25. The molecule has 4 rings (SSSR count). The van der Waals surface area contributed by atoms with Gasteiger partial charge in [-0.15, -0.1) is 0 Å². The average molecular weight is 441 g/mol. The molecule has 0 atom stereocenters. The highest BCUT2D eigenvalue weighted by Gasteiger charge is 2.43. The first-order chi connectivity index (χ1) is 14.5. The summed E-state index contributed by atoms with van der Waals surface area (Å²) in [6.07, 6.45) is 0. The van der Waals surface area contributed by atoms with E-state index in [0.717, 1.165) is 11.8 Å². The maximum absolute atomic E-state index is 13.3. The second-order valence-corrected chi connectivity index (χ2v) is 8.04. The van der Waals surface area contributed by atoms with Crippen LogP contribution in [0.2, 0.25) is 0 Å². The van der Waals surface area contributed by atoms with Gasteiger partial charge in [0.15, 0.2) is 4.32 Å². The van der Waals surface area contributed by atoms with Crippen molar-refractivity contribution in [3.8, 4) is 5.75 Å². The van der Waals surface area contributed by atoms with Crippen LogP contribution >= 0.6 is 24.0 Å². The molecule has 1 fully saturated rings. The van der Waals surface area contributed by atoms with Gasteiger partial charge in [0.05, 0.1) is 36.1 Å². The Bertz CT molecular complexity index is 1110. The predicted molar refractivity (Wildman–Crippen MR) is 118 cm³/mol. The molecule has 0 unspecified atom stereocenters. The number of para-hydroxylation sites is 1. The number of hydrogen-bond acceptors (Lipinski definition) is 7. The first-order valence-electron chi connectivity index (χ1n) is 8.89. The van der Waals surface area contributed by atoms with E-state index in [9.17, 15) is 14.4 Å². The normalized spacial score (nSPS) is 18.1. The van der Waals surface area contributed by atoms with Gasteiger partial charge in [-0.25, -0.2) is 0 Å². The Balaban J connectivity index is 1.77. The van der Waals surface area contributed by atoms with Crippen molar-refractivity contribution >= 4 is 63.0 Å². The van der Waals surface area contributed by atoms with E-state index in [1.54, 1.807) is 55.6 Å². The molecule has 1 saturated heterocycles. The van der Waals surface area contributed by atoms with Crippen LogP contribution in [0, 0.1) is 0 Å². The highest BCUT2D eigenvalue weighted by atomic mass is 32.2. The molecule has 2 aromatic carbocycles. The topological polar surface area (TPSA) is 76.2 Å². The van der Waals surface area contributed by atoms with Gasteiger partial charge < -0.3 is 9.47 Å². The van der Waals surface area contributed by atoms with Crippen molar-refractivity contribution in [1.29, 1.82) is 0 Å². The number of thiocarbonyl (C=S) groups is 1. The molecule has 0 aromatic heterocycles. The lowest BCUT2D eigenvalue weighted by Crippen LogP contribution is -2.33. The molecule has 7 nitrogen and oxygen atoms in total. The summed E-state index contributed by atoms with van der Waals surface area (Å²) in [5, 5.41) is 0. The molecule has 9 heteroatoms. The van der Waals surface area contributed by atoms with E-state index in [0.29, 0.717) is 27.0 Å². The molecule has 2 aliphatic rings. The molecule has 30 heavy (non-hydrogen) atoms. The molecule has 2 amide bonds. The highest BCUT2D eigenvalue weighted by Crippen LogP contribution is 2.45. The third-order valence-corrected chi connectivity index (χ3v) is 6.14. The lowest BCUT2D eigenvalue weighted by molar-refractivity contribution is -0.139. The van der Waals surface area contributed by atoms with Gasteiger partial charge in [-0.2, -0.15) is 0 Å². The molecule has 2 heterocycles. The van der Waals surface area contributed by atoms with E-state index in [1.807, 2.05) is 0 Å². The molecule has 152 valence electrons. The van der Waals surface area contributed by atoms with Gasteiger partial charge in [-0.3, -0.25) is 24.2 Å². The number of thioether (sulfide) groups is 1. The monoisotopic (exact) mass is 440 g/mol. The van der Waals surface area contributed by atoms with E-state index in [-0.39, 0.29) is 22.9 Å². The molecule has 0 radical (unpaired) electrons. The second-order valence-electron chi connectivity index (χ2n) is 6.40. The maximum Gasteiger partial charge on any atom is 0.325 e. The van der Waals surface area contributed by atoms with Crippen molar-refractivity contribution in [3.63, 3.8) is 0 Å². The third-order valence-electron chi connectivity index (χ3n) is 4.77. The van der Waals surface area contributed by atoms with E-state index >= 15 is 0 Å². The number of anilines is 2. The summed E-state index contributed by atoms with van der Waals surface area (Å²) in [6, 6.07) is 13.9. The van der Waals surface area contributed by atoms with Crippen molar-refractivity contribution in [2.75, 3.05) is 30.6 Å². The van der Waals surface area contributed by atoms with Crippen LogP contribution in [0.3, 0.4) is 0 Å². The molecule has 2 aromatic rings. The van der Waals surface area contributed by atoms with E-state index in [4.69, 9.17) is 21.7 Å². The lowest BCUT2D eigenvalue weighted by Gasteiger charge is -2.15. The van der Waals surface area contributed by atoms with Gasteiger partial charge in [0.25, 0.3) is 11.8 Å². The summed E-state index contributed by atoms with van der Waals surface area (Å²) >= 11 is 6.50.